The highest BCUT2D eigenvalue weighted by Gasteiger charge is 2.26. The van der Waals surface area contributed by atoms with Gasteiger partial charge in [0.25, 0.3) is 5.91 Å². The van der Waals surface area contributed by atoms with E-state index in [0.29, 0.717) is 18.7 Å². The molecule has 0 radical (unpaired) electrons. The van der Waals surface area contributed by atoms with Crippen LogP contribution in [0.5, 0.6) is 0 Å². The third kappa shape index (κ3) is 4.19. The van der Waals surface area contributed by atoms with Crippen molar-refractivity contribution in [3.05, 3.63) is 34.4 Å². The molecule has 1 fully saturated rings. The quantitative estimate of drug-likeness (QED) is 0.619. The van der Waals surface area contributed by atoms with Crippen molar-refractivity contribution in [1.82, 2.24) is 4.90 Å². The van der Waals surface area contributed by atoms with Crippen molar-refractivity contribution in [2.24, 2.45) is 0 Å². The van der Waals surface area contributed by atoms with Crippen LogP contribution in [-0.4, -0.2) is 36.0 Å². The van der Waals surface area contributed by atoms with Crippen molar-refractivity contribution < 1.29 is 23.1 Å². The van der Waals surface area contributed by atoms with E-state index in [1.54, 1.807) is 4.90 Å². The molecule has 0 aliphatic carbocycles. The first-order chi connectivity index (χ1) is 10.9. The minimum absolute atomic E-state index is 0.154. The smallest absolute Gasteiger partial charge is 0.340 e. The maximum absolute atomic E-state index is 13.2. The predicted molar refractivity (Wildman–Crippen MR) is 81.3 cm³/mol. The summed E-state index contributed by atoms with van der Waals surface area (Å²) in [6.45, 7) is 2.20. The average molecular weight is 346 g/mol. The second kappa shape index (κ2) is 7.73. The van der Waals surface area contributed by atoms with Crippen molar-refractivity contribution in [3.63, 3.8) is 0 Å². The number of halogens is 3. The first-order valence-corrected chi connectivity index (χ1v) is 7.93. The van der Waals surface area contributed by atoms with Gasteiger partial charge in [0.15, 0.2) is 18.2 Å². The van der Waals surface area contributed by atoms with Crippen LogP contribution in [0.15, 0.2) is 12.1 Å². The number of carbonyl (C=O) groups is 2. The highest BCUT2D eigenvalue weighted by molar-refractivity contribution is 6.33. The number of esters is 1. The van der Waals surface area contributed by atoms with Crippen LogP contribution in [0.1, 0.15) is 43.0 Å². The molecule has 4 nitrogen and oxygen atoms in total. The van der Waals surface area contributed by atoms with Crippen LogP contribution in [0.4, 0.5) is 8.78 Å². The minimum Gasteiger partial charge on any atom is -0.452 e. The maximum atomic E-state index is 13.2. The van der Waals surface area contributed by atoms with Gasteiger partial charge in [-0.3, -0.25) is 4.79 Å². The molecule has 1 aliphatic rings. The van der Waals surface area contributed by atoms with Gasteiger partial charge in [-0.15, -0.1) is 0 Å². The Morgan fingerprint density at radius 1 is 1.30 bits per heavy atom. The summed E-state index contributed by atoms with van der Waals surface area (Å²) < 4.78 is 31.1. The van der Waals surface area contributed by atoms with Crippen molar-refractivity contribution >= 4 is 23.5 Å². The molecule has 1 heterocycles. The van der Waals surface area contributed by atoms with Crippen LogP contribution >= 0.6 is 11.6 Å². The van der Waals surface area contributed by atoms with Crippen LogP contribution in [0.25, 0.3) is 0 Å². The van der Waals surface area contributed by atoms with Gasteiger partial charge >= 0.3 is 5.97 Å². The zero-order valence-corrected chi connectivity index (χ0v) is 13.5. The Labute approximate surface area is 138 Å². The molecule has 0 aromatic heterocycles. The molecule has 0 saturated carbocycles. The number of rotatable bonds is 4. The number of piperidine rings is 1. The lowest BCUT2D eigenvalue weighted by Gasteiger charge is -2.35. The highest BCUT2D eigenvalue weighted by Crippen LogP contribution is 2.22. The lowest BCUT2D eigenvalue weighted by atomic mass is 10.00. The summed E-state index contributed by atoms with van der Waals surface area (Å²) in [7, 11) is 0. The second-order valence-corrected chi connectivity index (χ2v) is 5.87. The topological polar surface area (TPSA) is 46.6 Å². The van der Waals surface area contributed by atoms with E-state index >= 15 is 0 Å². The summed E-state index contributed by atoms with van der Waals surface area (Å²) in [5, 5.41) is -0.259. The molecule has 0 spiro atoms. The molecule has 2 rings (SSSR count). The number of likely N-dealkylation sites (tertiary alicyclic amines) is 1. The highest BCUT2D eigenvalue weighted by atomic mass is 35.5. The van der Waals surface area contributed by atoms with Gasteiger partial charge in [0.2, 0.25) is 0 Å². The van der Waals surface area contributed by atoms with Crippen LogP contribution in [-0.2, 0) is 9.53 Å². The van der Waals surface area contributed by atoms with Crippen molar-refractivity contribution in [1.29, 1.82) is 0 Å². The van der Waals surface area contributed by atoms with E-state index < -0.39 is 24.2 Å². The molecule has 1 aliphatic heterocycles. The van der Waals surface area contributed by atoms with Gasteiger partial charge in [-0.1, -0.05) is 18.5 Å². The lowest BCUT2D eigenvalue weighted by Crippen LogP contribution is -2.45. The molecular weight excluding hydrogens is 328 g/mol. The van der Waals surface area contributed by atoms with Gasteiger partial charge < -0.3 is 9.64 Å². The van der Waals surface area contributed by atoms with Crippen molar-refractivity contribution in [3.8, 4) is 0 Å². The molecule has 1 unspecified atom stereocenters. The number of ether oxygens (including phenoxy) is 1. The van der Waals surface area contributed by atoms with Gasteiger partial charge in [0.1, 0.15) is 0 Å². The summed E-state index contributed by atoms with van der Waals surface area (Å²) in [4.78, 5) is 25.8. The normalized spacial score (nSPS) is 17.9. The summed E-state index contributed by atoms with van der Waals surface area (Å²) in [5.41, 5.74) is -0.302. The standard InChI is InChI=1S/C16H18ClF2NO3/c1-2-10-5-3-4-6-20(10)15(21)9-23-16(22)11-7-13(18)14(19)8-12(11)17/h7-8,10H,2-6,9H2,1H3. The van der Waals surface area contributed by atoms with E-state index in [1.807, 2.05) is 6.92 Å². The Balaban J connectivity index is 1.98. The Kier molecular flexibility index (Phi) is 5.93. The molecule has 7 heteroatoms. The van der Waals surface area contributed by atoms with E-state index in [2.05, 4.69) is 0 Å². The minimum atomic E-state index is -1.20. The predicted octanol–water partition coefficient (Wildman–Crippen LogP) is 3.57. The summed E-state index contributed by atoms with van der Waals surface area (Å²) >= 11 is 5.70. The fourth-order valence-electron chi connectivity index (χ4n) is 2.72. The van der Waals surface area contributed by atoms with Crippen LogP contribution in [0, 0.1) is 11.6 Å². The maximum Gasteiger partial charge on any atom is 0.340 e. The third-order valence-electron chi connectivity index (χ3n) is 3.98. The Bertz CT molecular complexity index is 609. The average Bonchev–Trinajstić information content (AvgIpc) is 2.55. The molecule has 1 amide bonds. The van der Waals surface area contributed by atoms with E-state index in [-0.39, 0.29) is 22.5 Å². The van der Waals surface area contributed by atoms with E-state index in [4.69, 9.17) is 16.3 Å². The molecule has 0 bridgehead atoms. The van der Waals surface area contributed by atoms with E-state index in [0.717, 1.165) is 25.7 Å². The number of nitrogens with zero attached hydrogens (tertiary/aromatic N) is 1. The lowest BCUT2D eigenvalue weighted by molar-refractivity contribution is -0.138. The van der Waals surface area contributed by atoms with Gasteiger partial charge in [-0.05, 0) is 37.8 Å². The first-order valence-electron chi connectivity index (χ1n) is 7.55. The SMILES string of the molecule is CCC1CCCCN1C(=O)COC(=O)c1cc(F)c(F)cc1Cl. The zero-order valence-electron chi connectivity index (χ0n) is 12.8. The Morgan fingerprint density at radius 2 is 2.00 bits per heavy atom. The van der Waals surface area contributed by atoms with Crippen LogP contribution < -0.4 is 0 Å². The van der Waals surface area contributed by atoms with E-state index in [9.17, 15) is 18.4 Å². The third-order valence-corrected chi connectivity index (χ3v) is 4.29. The molecule has 1 aromatic rings. The molecular formula is C16H18ClF2NO3. The van der Waals surface area contributed by atoms with Crippen LogP contribution in [0.3, 0.4) is 0 Å². The van der Waals surface area contributed by atoms with Crippen molar-refractivity contribution in [2.75, 3.05) is 13.2 Å². The summed E-state index contributed by atoms with van der Waals surface area (Å²) in [6.07, 6.45) is 3.78. The Hall–Kier alpha value is -1.69. The number of carbonyl (C=O) groups excluding carboxylic acids is 2. The number of benzene rings is 1. The van der Waals surface area contributed by atoms with E-state index in [1.165, 1.54) is 0 Å². The Morgan fingerprint density at radius 3 is 2.70 bits per heavy atom. The molecule has 1 saturated heterocycles. The molecule has 126 valence electrons. The number of hydrogen-bond donors (Lipinski definition) is 0. The fraction of sp³-hybridized carbons (Fsp3) is 0.500. The van der Waals surface area contributed by atoms with Crippen molar-refractivity contribution in [2.45, 2.75) is 38.6 Å². The monoisotopic (exact) mass is 345 g/mol. The molecule has 1 aromatic carbocycles. The first kappa shape index (κ1) is 17.7. The summed E-state index contributed by atoms with van der Waals surface area (Å²) in [5.74, 6) is -3.59. The second-order valence-electron chi connectivity index (χ2n) is 5.47. The number of amides is 1. The fourth-order valence-corrected chi connectivity index (χ4v) is 2.95. The van der Waals surface area contributed by atoms with Crippen LogP contribution in [0.2, 0.25) is 5.02 Å². The van der Waals surface area contributed by atoms with Gasteiger partial charge in [-0.25, -0.2) is 13.6 Å². The summed E-state index contributed by atoms with van der Waals surface area (Å²) in [6, 6.07) is 1.52. The molecule has 0 N–H and O–H groups in total. The van der Waals surface area contributed by atoms with Gasteiger partial charge in [0, 0.05) is 12.6 Å². The zero-order chi connectivity index (χ0) is 17.0. The molecule has 1 atom stereocenters. The molecule has 23 heavy (non-hydrogen) atoms. The number of hydrogen-bond acceptors (Lipinski definition) is 3. The largest absolute Gasteiger partial charge is 0.452 e. The van der Waals surface area contributed by atoms with Gasteiger partial charge in [0.05, 0.1) is 10.6 Å². The van der Waals surface area contributed by atoms with Gasteiger partial charge in [-0.2, -0.15) is 0 Å².